The third-order valence-corrected chi connectivity index (χ3v) is 8.23. The Morgan fingerprint density at radius 2 is 1.62 bits per heavy atom. The highest BCUT2D eigenvalue weighted by molar-refractivity contribution is 7.07. The Morgan fingerprint density at radius 3 is 2.29 bits per heavy atom. The van der Waals surface area contributed by atoms with Crippen molar-refractivity contribution in [3.63, 3.8) is 0 Å². The lowest BCUT2D eigenvalue weighted by atomic mass is 9.95. The summed E-state index contributed by atoms with van der Waals surface area (Å²) in [7, 11) is 1.58. The first-order chi connectivity index (χ1) is 20.4. The number of benzene rings is 3. The van der Waals surface area contributed by atoms with Crippen molar-refractivity contribution in [2.45, 2.75) is 19.9 Å². The van der Waals surface area contributed by atoms with Gasteiger partial charge in [0.05, 0.1) is 40.4 Å². The fourth-order valence-electron chi connectivity index (χ4n) is 5.12. The highest BCUT2D eigenvalue weighted by atomic mass is 32.1. The van der Waals surface area contributed by atoms with E-state index in [0.717, 1.165) is 5.56 Å². The van der Waals surface area contributed by atoms with Crippen LogP contribution in [0.4, 0.5) is 11.4 Å². The van der Waals surface area contributed by atoms with E-state index < -0.39 is 12.0 Å². The van der Waals surface area contributed by atoms with E-state index in [0.29, 0.717) is 43.4 Å². The molecule has 2 aliphatic rings. The minimum Gasteiger partial charge on any atom is -0.497 e. The van der Waals surface area contributed by atoms with Crippen molar-refractivity contribution in [3.8, 4) is 5.75 Å². The van der Waals surface area contributed by atoms with Gasteiger partial charge in [0.2, 0.25) is 0 Å². The van der Waals surface area contributed by atoms with Gasteiger partial charge in [0.15, 0.2) is 4.80 Å². The summed E-state index contributed by atoms with van der Waals surface area (Å²) in [5.74, 6) is -0.645. The van der Waals surface area contributed by atoms with Crippen LogP contribution in [0.15, 0.2) is 111 Å². The highest BCUT2D eigenvalue weighted by Gasteiger charge is 2.35. The minimum atomic E-state index is -0.743. The van der Waals surface area contributed by atoms with E-state index in [9.17, 15) is 14.4 Å². The van der Waals surface area contributed by atoms with Crippen LogP contribution in [0.1, 0.15) is 25.5 Å². The number of anilines is 2. The molecule has 210 valence electrons. The lowest BCUT2D eigenvalue weighted by Gasteiger charge is -2.25. The van der Waals surface area contributed by atoms with Crippen molar-refractivity contribution in [2.75, 3.05) is 17.4 Å². The predicted molar refractivity (Wildman–Crippen MR) is 163 cm³/mol. The standard InChI is InChI=1S/C32H27N5O4S/c1-19-25(30(39)37(35-19)23-12-8-5-9-13-23)18-26-31(40)36-28(21-14-16-24(41-3)17-15-21)27(20(2)33-32(36)42-26)29(38)34-22-10-6-4-7-11-22/h4-18,25,28H,1-3H3,(H,34,38)/b26-18-/t25-,28-/m0/s1. The van der Waals surface area contributed by atoms with Gasteiger partial charge in [-0.05, 0) is 61.9 Å². The van der Waals surface area contributed by atoms with Crippen LogP contribution in [0.3, 0.4) is 0 Å². The lowest BCUT2D eigenvalue weighted by Crippen LogP contribution is -2.41. The van der Waals surface area contributed by atoms with Crippen molar-refractivity contribution in [1.29, 1.82) is 0 Å². The molecule has 0 fully saturated rings. The van der Waals surface area contributed by atoms with Crippen LogP contribution in [0.25, 0.3) is 6.08 Å². The summed E-state index contributed by atoms with van der Waals surface area (Å²) in [5, 5.41) is 8.77. The molecule has 6 rings (SSSR count). The maximum absolute atomic E-state index is 14.0. The Labute approximate surface area is 245 Å². The van der Waals surface area contributed by atoms with Crippen LogP contribution in [-0.4, -0.2) is 29.2 Å². The number of fused-ring (bicyclic) bond motifs is 1. The van der Waals surface area contributed by atoms with Gasteiger partial charge in [0.25, 0.3) is 17.4 Å². The predicted octanol–water partition coefficient (Wildman–Crippen LogP) is 3.87. The molecular weight excluding hydrogens is 550 g/mol. The summed E-state index contributed by atoms with van der Waals surface area (Å²) < 4.78 is 7.22. The van der Waals surface area contributed by atoms with E-state index >= 15 is 0 Å². The molecule has 9 nitrogen and oxygen atoms in total. The van der Waals surface area contributed by atoms with Crippen molar-refractivity contribution in [1.82, 2.24) is 4.57 Å². The number of carbonyl (C=O) groups excluding carboxylic acids is 2. The lowest BCUT2D eigenvalue weighted by molar-refractivity contribution is -0.118. The number of rotatable bonds is 6. The first-order valence-corrected chi connectivity index (χ1v) is 14.1. The second-order valence-electron chi connectivity index (χ2n) is 9.90. The summed E-state index contributed by atoms with van der Waals surface area (Å²) in [5.41, 5.74) is 3.11. The van der Waals surface area contributed by atoms with Crippen LogP contribution in [0, 0.1) is 5.92 Å². The number of hydrogen-bond donors (Lipinski definition) is 1. The summed E-state index contributed by atoms with van der Waals surface area (Å²) in [6.45, 7) is 3.54. The summed E-state index contributed by atoms with van der Waals surface area (Å²) >= 11 is 1.19. The molecule has 2 aliphatic heterocycles. The van der Waals surface area contributed by atoms with Gasteiger partial charge in [-0.25, -0.2) is 4.99 Å². The van der Waals surface area contributed by atoms with Gasteiger partial charge in [-0.1, -0.05) is 59.9 Å². The van der Waals surface area contributed by atoms with Crippen LogP contribution in [0.2, 0.25) is 0 Å². The molecule has 0 spiro atoms. The number of carbonyl (C=O) groups is 2. The molecule has 1 N–H and O–H groups in total. The molecular formula is C32H27N5O4S. The van der Waals surface area contributed by atoms with Gasteiger partial charge >= 0.3 is 0 Å². The fourth-order valence-corrected chi connectivity index (χ4v) is 6.18. The molecule has 3 heterocycles. The van der Waals surface area contributed by atoms with Crippen molar-refractivity contribution >= 4 is 46.3 Å². The number of nitrogens with one attached hydrogen (secondary N) is 1. The molecule has 0 aliphatic carbocycles. The Balaban J connectivity index is 1.45. The van der Waals surface area contributed by atoms with Crippen LogP contribution >= 0.6 is 11.3 Å². The van der Waals surface area contributed by atoms with Gasteiger partial charge in [0, 0.05) is 5.69 Å². The summed E-state index contributed by atoms with van der Waals surface area (Å²) in [6, 6.07) is 24.8. The quantitative estimate of drug-likeness (QED) is 0.376. The second kappa shape index (κ2) is 11.1. The number of allylic oxidation sites excluding steroid dienone is 1. The van der Waals surface area contributed by atoms with E-state index in [4.69, 9.17) is 4.74 Å². The molecule has 1 aromatic heterocycles. The third kappa shape index (κ3) is 4.86. The summed E-state index contributed by atoms with van der Waals surface area (Å²) in [6.07, 6.45) is 1.65. The van der Waals surface area contributed by atoms with Gasteiger partial charge in [0.1, 0.15) is 11.7 Å². The van der Waals surface area contributed by atoms with Gasteiger partial charge in [-0.15, -0.1) is 0 Å². The number of aromatic nitrogens is 1. The SMILES string of the molecule is COc1ccc([C@H]2C(C(=O)Nc3ccccc3)=C(C)N=c3s/c(=C\[C@@H]4C(=O)N(c5ccccc5)N=C4C)c(=O)n32)cc1. The normalized spacial score (nSPS) is 18.5. The van der Waals surface area contributed by atoms with Crippen molar-refractivity contribution < 1.29 is 14.3 Å². The Morgan fingerprint density at radius 1 is 0.952 bits per heavy atom. The first kappa shape index (κ1) is 27.1. The number of hydrazone groups is 1. The average Bonchev–Trinajstić information content (AvgIpc) is 3.47. The zero-order valence-corrected chi connectivity index (χ0v) is 24.0. The summed E-state index contributed by atoms with van der Waals surface area (Å²) in [4.78, 5) is 46.3. The smallest absolute Gasteiger partial charge is 0.270 e. The zero-order valence-electron chi connectivity index (χ0n) is 23.1. The number of hydrogen-bond acceptors (Lipinski definition) is 7. The van der Waals surface area contributed by atoms with E-state index in [1.54, 1.807) is 51.3 Å². The van der Waals surface area contributed by atoms with Crippen LogP contribution < -0.4 is 30.0 Å². The second-order valence-corrected chi connectivity index (χ2v) is 10.9. The van der Waals surface area contributed by atoms with Gasteiger partial charge in [-0.3, -0.25) is 19.0 Å². The molecule has 2 amide bonds. The molecule has 10 heteroatoms. The van der Waals surface area contributed by atoms with Crippen LogP contribution in [0.5, 0.6) is 5.75 Å². The molecule has 0 saturated carbocycles. The van der Waals surface area contributed by atoms with E-state index in [1.165, 1.54) is 20.9 Å². The molecule has 0 unspecified atom stereocenters. The Kier molecular flexibility index (Phi) is 7.13. The highest BCUT2D eigenvalue weighted by Crippen LogP contribution is 2.32. The molecule has 2 atom stereocenters. The largest absolute Gasteiger partial charge is 0.497 e. The maximum Gasteiger partial charge on any atom is 0.270 e. The molecule has 0 saturated heterocycles. The molecule has 42 heavy (non-hydrogen) atoms. The number of amides is 2. The number of para-hydroxylation sites is 2. The van der Waals surface area contributed by atoms with Crippen molar-refractivity contribution in [3.05, 3.63) is 121 Å². The van der Waals surface area contributed by atoms with Gasteiger partial charge < -0.3 is 10.1 Å². The number of nitrogens with zero attached hydrogens (tertiary/aromatic N) is 4. The molecule has 3 aromatic carbocycles. The van der Waals surface area contributed by atoms with Crippen molar-refractivity contribution in [2.24, 2.45) is 16.0 Å². The maximum atomic E-state index is 14.0. The number of methoxy groups -OCH3 is 1. The Hall–Kier alpha value is -5.09. The number of ether oxygens (including phenoxy) is 1. The number of thiazole rings is 1. The average molecular weight is 578 g/mol. The zero-order chi connectivity index (χ0) is 29.4. The Bertz CT molecular complexity index is 1930. The van der Waals surface area contributed by atoms with Gasteiger partial charge in [-0.2, -0.15) is 10.1 Å². The van der Waals surface area contributed by atoms with E-state index in [2.05, 4.69) is 15.4 Å². The van der Waals surface area contributed by atoms with E-state index in [-0.39, 0.29) is 17.4 Å². The molecule has 0 radical (unpaired) electrons. The topological polar surface area (TPSA) is 105 Å². The third-order valence-electron chi connectivity index (χ3n) is 7.23. The monoisotopic (exact) mass is 577 g/mol. The molecule has 0 bridgehead atoms. The minimum absolute atomic E-state index is 0.240. The molecule has 4 aromatic rings. The first-order valence-electron chi connectivity index (χ1n) is 13.3. The van der Waals surface area contributed by atoms with Crippen LogP contribution in [-0.2, 0) is 9.59 Å². The van der Waals surface area contributed by atoms with E-state index in [1.807, 2.05) is 60.7 Å². The fraction of sp³-hybridized carbons (Fsp3) is 0.156.